The average molecular weight is 251 g/mol. The first kappa shape index (κ1) is 15.1. The Morgan fingerprint density at radius 3 is 1.89 bits per heavy atom. The summed E-state index contributed by atoms with van der Waals surface area (Å²) < 4.78 is 2.19. The van der Waals surface area contributed by atoms with E-state index in [1.807, 2.05) is 0 Å². The van der Waals surface area contributed by atoms with E-state index in [1.54, 1.807) is 0 Å². The van der Waals surface area contributed by atoms with E-state index in [0.29, 0.717) is 5.92 Å². The third-order valence-electron chi connectivity index (χ3n) is 2.90. The molecule has 0 radical (unpaired) electrons. The normalized spacial score (nSPS) is 13.4. The van der Waals surface area contributed by atoms with Crippen molar-refractivity contribution in [3.05, 3.63) is 11.5 Å². The predicted octanol–water partition coefficient (Wildman–Crippen LogP) is 3.93. The van der Waals surface area contributed by atoms with Gasteiger partial charge in [-0.2, -0.15) is 0 Å². The number of aromatic nitrogens is 2. The number of hydrogen-bond acceptors (Lipinski definition) is 2. The number of nitrogens with two attached hydrogens (primary N) is 1. The highest BCUT2D eigenvalue weighted by Crippen LogP contribution is 2.31. The Balaban J connectivity index is 3.34. The van der Waals surface area contributed by atoms with Gasteiger partial charge in [-0.15, -0.1) is 0 Å². The van der Waals surface area contributed by atoms with Crippen LogP contribution in [0, 0.1) is 5.41 Å². The minimum absolute atomic E-state index is 0.0210. The van der Waals surface area contributed by atoms with Gasteiger partial charge < -0.3 is 10.3 Å². The summed E-state index contributed by atoms with van der Waals surface area (Å²) in [5, 5.41) is 0. The topological polar surface area (TPSA) is 43.8 Å². The van der Waals surface area contributed by atoms with Gasteiger partial charge >= 0.3 is 0 Å². The fraction of sp³-hybridized carbons (Fsp3) is 0.800. The average Bonchev–Trinajstić information content (AvgIpc) is 2.40. The molecule has 0 atom stereocenters. The van der Waals surface area contributed by atoms with Gasteiger partial charge in [-0.1, -0.05) is 34.6 Å². The van der Waals surface area contributed by atoms with Gasteiger partial charge in [0.05, 0.1) is 5.69 Å². The number of nitrogen functional groups attached to an aromatic ring is 1. The third kappa shape index (κ3) is 3.27. The van der Waals surface area contributed by atoms with Gasteiger partial charge in [0.2, 0.25) is 0 Å². The molecule has 0 aliphatic rings. The van der Waals surface area contributed by atoms with E-state index in [0.717, 1.165) is 23.8 Å². The molecule has 0 amide bonds. The van der Waals surface area contributed by atoms with Crippen molar-refractivity contribution in [2.75, 3.05) is 5.73 Å². The maximum Gasteiger partial charge on any atom is 0.127 e. The zero-order valence-corrected chi connectivity index (χ0v) is 13.3. The minimum atomic E-state index is -0.0210. The summed E-state index contributed by atoms with van der Waals surface area (Å²) in [4.78, 5) is 4.80. The zero-order valence-electron chi connectivity index (χ0n) is 13.3. The highest BCUT2D eigenvalue weighted by Gasteiger charge is 2.27. The lowest BCUT2D eigenvalue weighted by Gasteiger charge is -2.26. The summed E-state index contributed by atoms with van der Waals surface area (Å²) in [7, 11) is 0. The predicted molar refractivity (Wildman–Crippen MR) is 78.9 cm³/mol. The quantitative estimate of drug-likeness (QED) is 0.865. The zero-order chi connectivity index (χ0) is 14.3. The first-order valence-electron chi connectivity index (χ1n) is 6.81. The van der Waals surface area contributed by atoms with Gasteiger partial charge in [-0.25, -0.2) is 4.98 Å². The van der Waals surface area contributed by atoms with Crippen molar-refractivity contribution < 1.29 is 0 Å². The molecule has 18 heavy (non-hydrogen) atoms. The molecule has 0 fully saturated rings. The van der Waals surface area contributed by atoms with Crippen LogP contribution >= 0.6 is 0 Å². The van der Waals surface area contributed by atoms with Crippen LogP contribution in [-0.2, 0) is 12.0 Å². The fourth-order valence-electron chi connectivity index (χ4n) is 2.22. The Hall–Kier alpha value is -0.990. The van der Waals surface area contributed by atoms with E-state index in [-0.39, 0.29) is 11.0 Å². The Bertz CT molecular complexity index is 414. The van der Waals surface area contributed by atoms with Gasteiger partial charge in [-0.3, -0.25) is 0 Å². The molecule has 0 aromatic carbocycles. The lowest BCUT2D eigenvalue weighted by molar-refractivity contribution is 0.381. The number of nitrogens with zero attached hydrogens (tertiary/aromatic N) is 2. The van der Waals surface area contributed by atoms with Crippen LogP contribution in [0.15, 0.2) is 0 Å². The molecular weight excluding hydrogens is 222 g/mol. The van der Waals surface area contributed by atoms with Crippen LogP contribution in [0.3, 0.4) is 0 Å². The Morgan fingerprint density at radius 2 is 1.61 bits per heavy atom. The van der Waals surface area contributed by atoms with Crippen molar-refractivity contribution in [3.63, 3.8) is 0 Å². The standard InChI is InChI=1S/C15H29N3/c1-10(2)13-17-11(9-14(3,4)5)12(16)18(13)15(6,7)8/h10H,9,16H2,1-8H3. The largest absolute Gasteiger partial charge is 0.384 e. The number of anilines is 1. The van der Waals surface area contributed by atoms with Crippen LogP contribution in [0.1, 0.15) is 72.8 Å². The van der Waals surface area contributed by atoms with Crippen LogP contribution in [0.25, 0.3) is 0 Å². The van der Waals surface area contributed by atoms with Gasteiger partial charge in [0.1, 0.15) is 11.6 Å². The van der Waals surface area contributed by atoms with E-state index in [4.69, 9.17) is 10.7 Å². The molecule has 0 aliphatic carbocycles. The van der Waals surface area contributed by atoms with Crippen LogP contribution in [0.2, 0.25) is 0 Å². The summed E-state index contributed by atoms with van der Waals surface area (Å²) >= 11 is 0. The molecule has 1 heterocycles. The molecular formula is C15H29N3. The van der Waals surface area contributed by atoms with Crippen LogP contribution in [-0.4, -0.2) is 9.55 Å². The first-order valence-corrected chi connectivity index (χ1v) is 6.81. The van der Waals surface area contributed by atoms with Gasteiger partial charge in [0.15, 0.2) is 0 Å². The summed E-state index contributed by atoms with van der Waals surface area (Å²) in [6.07, 6.45) is 0.918. The lowest BCUT2D eigenvalue weighted by Crippen LogP contribution is -2.26. The van der Waals surface area contributed by atoms with Crippen LogP contribution in [0.5, 0.6) is 0 Å². The minimum Gasteiger partial charge on any atom is -0.384 e. The molecule has 2 N–H and O–H groups in total. The monoisotopic (exact) mass is 251 g/mol. The Morgan fingerprint density at radius 1 is 1.11 bits per heavy atom. The van der Waals surface area contributed by atoms with E-state index >= 15 is 0 Å². The van der Waals surface area contributed by atoms with E-state index in [1.165, 1.54) is 0 Å². The Labute approximate surface area is 112 Å². The highest BCUT2D eigenvalue weighted by atomic mass is 15.2. The third-order valence-corrected chi connectivity index (χ3v) is 2.90. The van der Waals surface area contributed by atoms with Gasteiger partial charge in [-0.05, 0) is 32.6 Å². The molecule has 1 aromatic rings. The van der Waals surface area contributed by atoms with E-state index in [2.05, 4.69) is 60.0 Å². The van der Waals surface area contributed by atoms with Crippen molar-refractivity contribution in [1.82, 2.24) is 9.55 Å². The number of rotatable bonds is 2. The van der Waals surface area contributed by atoms with Crippen LogP contribution in [0.4, 0.5) is 5.82 Å². The number of imidazole rings is 1. The first-order chi connectivity index (χ1) is 7.93. The molecule has 3 heteroatoms. The molecule has 1 aromatic heterocycles. The molecule has 0 aliphatic heterocycles. The van der Waals surface area contributed by atoms with Gasteiger partial charge in [0.25, 0.3) is 0 Å². The highest BCUT2D eigenvalue weighted by molar-refractivity contribution is 5.41. The molecule has 104 valence electrons. The maximum absolute atomic E-state index is 6.34. The summed E-state index contributed by atoms with van der Waals surface area (Å²) in [6, 6.07) is 0. The second kappa shape index (κ2) is 4.60. The van der Waals surface area contributed by atoms with Crippen molar-refractivity contribution in [1.29, 1.82) is 0 Å². The van der Waals surface area contributed by atoms with Crippen molar-refractivity contribution in [2.45, 2.75) is 73.3 Å². The van der Waals surface area contributed by atoms with Crippen molar-refractivity contribution >= 4 is 5.82 Å². The smallest absolute Gasteiger partial charge is 0.127 e. The summed E-state index contributed by atoms with van der Waals surface area (Å²) in [5.74, 6) is 2.32. The van der Waals surface area contributed by atoms with Crippen molar-refractivity contribution in [3.8, 4) is 0 Å². The molecule has 3 nitrogen and oxygen atoms in total. The molecule has 0 saturated carbocycles. The van der Waals surface area contributed by atoms with E-state index in [9.17, 15) is 0 Å². The fourth-order valence-corrected chi connectivity index (χ4v) is 2.22. The Kier molecular flexibility index (Phi) is 3.85. The number of hydrogen-bond donors (Lipinski definition) is 1. The summed E-state index contributed by atoms with van der Waals surface area (Å²) in [6.45, 7) is 17.5. The van der Waals surface area contributed by atoms with Crippen LogP contribution < -0.4 is 5.73 Å². The second-order valence-electron chi connectivity index (χ2n) is 7.70. The molecule has 0 bridgehead atoms. The van der Waals surface area contributed by atoms with Crippen molar-refractivity contribution in [2.24, 2.45) is 5.41 Å². The molecule has 0 saturated heterocycles. The molecule has 0 spiro atoms. The maximum atomic E-state index is 6.34. The SMILES string of the molecule is CC(C)c1nc(CC(C)(C)C)c(N)n1C(C)(C)C. The second-order valence-corrected chi connectivity index (χ2v) is 7.70. The molecule has 1 rings (SSSR count). The lowest BCUT2D eigenvalue weighted by atomic mass is 9.90. The van der Waals surface area contributed by atoms with E-state index < -0.39 is 0 Å². The van der Waals surface area contributed by atoms with Gasteiger partial charge in [0, 0.05) is 11.5 Å². The molecule has 0 unspecified atom stereocenters. The summed E-state index contributed by atoms with van der Waals surface area (Å²) in [5.41, 5.74) is 7.57.